The number of rotatable bonds is 7. The number of para-hydroxylation sites is 1. The Hall–Kier alpha value is -2.93. The van der Waals surface area contributed by atoms with Gasteiger partial charge in [-0.15, -0.1) is 0 Å². The molecule has 1 heterocycles. The summed E-state index contributed by atoms with van der Waals surface area (Å²) in [6.07, 6.45) is 3.24. The molecule has 0 radical (unpaired) electrons. The SMILES string of the molecule is CCOc1ccc(/C=N\NC(=O)COc2cccc3cccnc23)cc1Br. The Kier molecular flexibility index (Phi) is 6.38. The number of carbonyl (C=O) groups is 1. The molecule has 1 amide bonds. The number of aromatic nitrogens is 1. The van der Waals surface area contributed by atoms with Gasteiger partial charge >= 0.3 is 0 Å². The third kappa shape index (κ3) is 5.04. The molecule has 2 aromatic carbocycles. The van der Waals surface area contributed by atoms with Crippen molar-refractivity contribution in [1.29, 1.82) is 0 Å². The van der Waals surface area contributed by atoms with Crippen LogP contribution in [-0.2, 0) is 4.79 Å². The summed E-state index contributed by atoms with van der Waals surface area (Å²) in [4.78, 5) is 16.2. The summed E-state index contributed by atoms with van der Waals surface area (Å²) in [5.74, 6) is 0.961. The summed E-state index contributed by atoms with van der Waals surface area (Å²) in [5, 5.41) is 4.90. The molecule has 0 aliphatic rings. The number of ether oxygens (including phenoxy) is 2. The van der Waals surface area contributed by atoms with E-state index in [0.717, 1.165) is 26.7 Å². The van der Waals surface area contributed by atoms with Crippen molar-refractivity contribution >= 4 is 39.0 Å². The fourth-order valence-corrected chi connectivity index (χ4v) is 2.93. The summed E-state index contributed by atoms with van der Waals surface area (Å²) in [6, 6.07) is 14.9. The standard InChI is InChI=1S/C20H18BrN3O3/c1-2-26-17-9-8-14(11-16(17)21)12-23-24-19(25)13-27-18-7-3-5-15-6-4-10-22-20(15)18/h3-12H,2,13H2,1H3,(H,24,25)/b23-12-. The molecule has 1 N–H and O–H groups in total. The summed E-state index contributed by atoms with van der Waals surface area (Å²) in [5.41, 5.74) is 3.99. The second-order valence-corrected chi connectivity index (χ2v) is 6.39. The molecule has 0 saturated heterocycles. The molecule has 6 nitrogen and oxygen atoms in total. The first-order valence-corrected chi connectivity index (χ1v) is 9.17. The molecule has 0 aliphatic carbocycles. The van der Waals surface area contributed by atoms with Crippen LogP contribution in [0.15, 0.2) is 64.3 Å². The largest absolute Gasteiger partial charge is 0.493 e. The van der Waals surface area contributed by atoms with Crippen molar-refractivity contribution in [2.24, 2.45) is 5.10 Å². The Morgan fingerprint density at radius 3 is 2.85 bits per heavy atom. The average molecular weight is 428 g/mol. The molecule has 0 spiro atoms. The van der Waals surface area contributed by atoms with Crippen molar-refractivity contribution in [3.05, 3.63) is 64.8 Å². The molecule has 0 bridgehead atoms. The van der Waals surface area contributed by atoms with Crippen molar-refractivity contribution < 1.29 is 14.3 Å². The zero-order valence-corrected chi connectivity index (χ0v) is 16.3. The molecular formula is C20H18BrN3O3. The molecule has 0 fully saturated rings. The van der Waals surface area contributed by atoms with Gasteiger partial charge in [0, 0.05) is 11.6 Å². The third-order valence-electron chi connectivity index (χ3n) is 3.61. The number of hydrazone groups is 1. The Labute approximate surface area is 165 Å². The van der Waals surface area contributed by atoms with Crippen molar-refractivity contribution in [3.63, 3.8) is 0 Å². The van der Waals surface area contributed by atoms with E-state index in [0.29, 0.717) is 12.4 Å². The summed E-state index contributed by atoms with van der Waals surface area (Å²) in [7, 11) is 0. The minimum atomic E-state index is -0.357. The van der Waals surface area contributed by atoms with Crippen molar-refractivity contribution in [1.82, 2.24) is 10.4 Å². The van der Waals surface area contributed by atoms with E-state index in [4.69, 9.17) is 9.47 Å². The molecule has 138 valence electrons. The van der Waals surface area contributed by atoms with Crippen LogP contribution in [0.25, 0.3) is 10.9 Å². The maximum atomic E-state index is 11.9. The van der Waals surface area contributed by atoms with Gasteiger partial charge < -0.3 is 9.47 Å². The van der Waals surface area contributed by atoms with Crippen LogP contribution in [0, 0.1) is 0 Å². The minimum Gasteiger partial charge on any atom is -0.493 e. The van der Waals surface area contributed by atoms with Gasteiger partial charge in [-0.1, -0.05) is 18.2 Å². The van der Waals surface area contributed by atoms with Crippen molar-refractivity contribution in [2.75, 3.05) is 13.2 Å². The van der Waals surface area contributed by atoms with Gasteiger partial charge in [0.15, 0.2) is 6.61 Å². The van der Waals surface area contributed by atoms with E-state index >= 15 is 0 Å². The molecule has 27 heavy (non-hydrogen) atoms. The van der Waals surface area contributed by atoms with Crippen LogP contribution < -0.4 is 14.9 Å². The molecule has 1 aromatic heterocycles. The highest BCUT2D eigenvalue weighted by Gasteiger charge is 2.06. The smallest absolute Gasteiger partial charge is 0.277 e. The van der Waals surface area contributed by atoms with E-state index in [1.54, 1.807) is 18.5 Å². The molecule has 0 aliphatic heterocycles. The molecular weight excluding hydrogens is 410 g/mol. The van der Waals surface area contributed by atoms with Gasteiger partial charge in [0.2, 0.25) is 0 Å². The maximum Gasteiger partial charge on any atom is 0.277 e. The lowest BCUT2D eigenvalue weighted by Gasteiger charge is -2.07. The lowest BCUT2D eigenvalue weighted by Crippen LogP contribution is -2.24. The van der Waals surface area contributed by atoms with Gasteiger partial charge in [-0.2, -0.15) is 5.10 Å². The Bertz CT molecular complexity index is 970. The molecule has 0 atom stereocenters. The van der Waals surface area contributed by atoms with Crippen LogP contribution in [0.5, 0.6) is 11.5 Å². The molecule has 3 rings (SSSR count). The first kappa shape index (κ1) is 18.8. The van der Waals surface area contributed by atoms with Gasteiger partial charge in [0.25, 0.3) is 5.91 Å². The number of hydrogen-bond acceptors (Lipinski definition) is 5. The average Bonchev–Trinajstić information content (AvgIpc) is 2.68. The summed E-state index contributed by atoms with van der Waals surface area (Å²) >= 11 is 3.44. The van der Waals surface area contributed by atoms with Crippen molar-refractivity contribution in [2.45, 2.75) is 6.92 Å². The first-order valence-electron chi connectivity index (χ1n) is 8.38. The molecule has 3 aromatic rings. The van der Waals surface area contributed by atoms with E-state index in [-0.39, 0.29) is 12.5 Å². The van der Waals surface area contributed by atoms with E-state index in [1.165, 1.54) is 0 Å². The molecule has 0 unspecified atom stereocenters. The van der Waals surface area contributed by atoms with Gasteiger partial charge in [-0.25, -0.2) is 5.43 Å². The van der Waals surface area contributed by atoms with E-state index in [1.807, 2.05) is 49.4 Å². The maximum absolute atomic E-state index is 11.9. The van der Waals surface area contributed by atoms with Crippen LogP contribution >= 0.6 is 15.9 Å². The number of nitrogens with one attached hydrogen (secondary N) is 1. The van der Waals surface area contributed by atoms with Gasteiger partial charge in [0.05, 0.1) is 17.3 Å². The van der Waals surface area contributed by atoms with Crippen LogP contribution in [0.2, 0.25) is 0 Å². The summed E-state index contributed by atoms with van der Waals surface area (Å²) in [6.45, 7) is 2.36. The predicted molar refractivity (Wildman–Crippen MR) is 108 cm³/mol. The number of halogens is 1. The number of carbonyl (C=O) groups excluding carboxylic acids is 1. The quantitative estimate of drug-likeness (QED) is 0.457. The fraction of sp³-hybridized carbons (Fsp3) is 0.150. The van der Waals surface area contributed by atoms with E-state index in [2.05, 4.69) is 31.4 Å². The molecule has 0 saturated carbocycles. The second-order valence-electron chi connectivity index (χ2n) is 5.54. The zero-order chi connectivity index (χ0) is 19.1. The number of nitrogens with zero attached hydrogens (tertiary/aromatic N) is 2. The number of amides is 1. The number of pyridine rings is 1. The third-order valence-corrected chi connectivity index (χ3v) is 4.23. The van der Waals surface area contributed by atoms with Crippen LogP contribution in [0.4, 0.5) is 0 Å². The van der Waals surface area contributed by atoms with E-state index in [9.17, 15) is 4.79 Å². The fourth-order valence-electron chi connectivity index (χ4n) is 2.42. The number of fused-ring (bicyclic) bond motifs is 1. The van der Waals surface area contributed by atoms with Crippen molar-refractivity contribution in [3.8, 4) is 11.5 Å². The minimum absolute atomic E-state index is 0.153. The van der Waals surface area contributed by atoms with Gasteiger partial charge in [-0.3, -0.25) is 9.78 Å². The predicted octanol–water partition coefficient (Wildman–Crippen LogP) is 3.93. The van der Waals surface area contributed by atoms with Crippen LogP contribution in [0.1, 0.15) is 12.5 Å². The van der Waals surface area contributed by atoms with Gasteiger partial charge in [-0.05, 0) is 58.7 Å². The highest BCUT2D eigenvalue weighted by atomic mass is 79.9. The summed E-state index contributed by atoms with van der Waals surface area (Å²) < 4.78 is 11.9. The number of benzene rings is 2. The second kappa shape index (κ2) is 9.14. The zero-order valence-electron chi connectivity index (χ0n) is 14.7. The first-order chi connectivity index (χ1) is 13.2. The van der Waals surface area contributed by atoms with Crippen LogP contribution in [-0.4, -0.2) is 30.3 Å². The molecule has 7 heteroatoms. The topological polar surface area (TPSA) is 72.8 Å². The monoisotopic (exact) mass is 427 g/mol. The highest BCUT2D eigenvalue weighted by Crippen LogP contribution is 2.25. The normalized spacial score (nSPS) is 10.9. The Morgan fingerprint density at radius 2 is 2.04 bits per heavy atom. The van der Waals surface area contributed by atoms with Crippen LogP contribution in [0.3, 0.4) is 0 Å². The Balaban J connectivity index is 1.55. The Morgan fingerprint density at radius 1 is 1.19 bits per heavy atom. The lowest BCUT2D eigenvalue weighted by molar-refractivity contribution is -0.123. The highest BCUT2D eigenvalue weighted by molar-refractivity contribution is 9.10. The lowest BCUT2D eigenvalue weighted by atomic mass is 10.2. The number of hydrogen-bond donors (Lipinski definition) is 1. The van der Waals surface area contributed by atoms with E-state index < -0.39 is 0 Å². The van der Waals surface area contributed by atoms with Gasteiger partial charge in [0.1, 0.15) is 17.0 Å².